The quantitative estimate of drug-likeness (QED) is 0.139. The first-order chi connectivity index (χ1) is 35.2. The average Bonchev–Trinajstić information content (AvgIpc) is 4.01. The highest BCUT2D eigenvalue weighted by Gasteiger charge is 2.46. The van der Waals surface area contributed by atoms with Crippen LogP contribution in [0.1, 0.15) is 134 Å². The van der Waals surface area contributed by atoms with Crippen molar-refractivity contribution in [3.05, 3.63) is 0 Å². The molecule has 13 atom stereocenters. The molecule has 10 amide bonds. The Morgan fingerprint density at radius 2 is 0.645 bits per heavy atom. The minimum Gasteiger partial charge on any atom is -0.391 e. The van der Waals surface area contributed by atoms with E-state index in [2.05, 4.69) is 21.3 Å². The molecule has 23 nitrogen and oxygen atoms in total. The third-order valence-corrected chi connectivity index (χ3v) is 14.7. The summed E-state index contributed by atoms with van der Waals surface area (Å²) in [6.45, 7) is 20.1. The van der Waals surface area contributed by atoms with Crippen molar-refractivity contribution in [3.8, 4) is 0 Å². The first kappa shape index (κ1) is 64.9. The number of hydrogen-bond acceptors (Lipinski definition) is 13. The van der Waals surface area contributed by atoms with Gasteiger partial charge in [0.2, 0.25) is 59.1 Å². The fraction of sp³-hybridized carbons (Fsp3) is 0.811. The van der Waals surface area contributed by atoms with Gasteiger partial charge in [0.05, 0.1) is 18.3 Å². The number of fused-ring (bicyclic) bond motifs is 2. The molecule has 3 heterocycles. The van der Waals surface area contributed by atoms with Crippen LogP contribution in [-0.4, -0.2) is 224 Å². The van der Waals surface area contributed by atoms with Crippen LogP contribution in [0.4, 0.5) is 0 Å². The van der Waals surface area contributed by atoms with Crippen molar-refractivity contribution >= 4 is 59.1 Å². The van der Waals surface area contributed by atoms with E-state index in [0.29, 0.717) is 12.8 Å². The van der Waals surface area contributed by atoms with Gasteiger partial charge in [-0.15, -0.1) is 0 Å². The Balaban J connectivity index is 2.24. The van der Waals surface area contributed by atoms with Crippen LogP contribution in [0, 0.1) is 23.7 Å². The third kappa shape index (κ3) is 16.3. The van der Waals surface area contributed by atoms with Gasteiger partial charge in [0.15, 0.2) is 0 Å². The lowest BCUT2D eigenvalue weighted by Gasteiger charge is -2.38. The molecule has 3 fully saturated rings. The second kappa shape index (κ2) is 28.3. The monoisotopic (exact) mass is 1080 g/mol. The van der Waals surface area contributed by atoms with E-state index in [1.54, 1.807) is 13.8 Å². The minimum atomic E-state index is -1.60. The van der Waals surface area contributed by atoms with Gasteiger partial charge in [-0.05, 0) is 103 Å². The second-order valence-corrected chi connectivity index (χ2v) is 23.2. The Morgan fingerprint density at radius 3 is 0.921 bits per heavy atom. The van der Waals surface area contributed by atoms with E-state index in [1.165, 1.54) is 70.6 Å². The van der Waals surface area contributed by atoms with Gasteiger partial charge >= 0.3 is 0 Å². The molecule has 7 N–H and O–H groups in total. The standard InChI is InChI=1S/C53H92N10O13/c1-27(2)23-35-48(71)59(14)41(32(10)64)45(68)57-38(26-30(7)8)51(74)63-22-18-20-40(63)53(76)61(16)43(34(12)66)47(70)55-36(24-28(3)4)49(72)60(15)42(33(11)65)46(69)56-37(25-29(5)6)50(73)62-21-17-19-39(62)52(75)58(13)31(9)44(67)54-35/h27-43,64-66H,17-26H2,1-16H3,(H,54,67)(H,55,70)(H,56,69)(H,57,68)/t31-,32+,33+,34+,35-,36-,37-,38-,39+,40+,41-,42-,43-/m0/s1. The van der Waals surface area contributed by atoms with Crippen molar-refractivity contribution in [3.63, 3.8) is 0 Å². The maximum absolute atomic E-state index is 14.6. The largest absolute Gasteiger partial charge is 0.391 e. The molecule has 0 aromatic rings. The molecule has 432 valence electrons. The van der Waals surface area contributed by atoms with E-state index < -0.39 is 138 Å². The van der Waals surface area contributed by atoms with Crippen LogP contribution in [0.5, 0.6) is 0 Å². The third-order valence-electron chi connectivity index (χ3n) is 14.7. The Bertz CT molecular complexity index is 2080. The summed E-state index contributed by atoms with van der Waals surface area (Å²) >= 11 is 0. The number of aliphatic hydroxyl groups excluding tert-OH is 3. The summed E-state index contributed by atoms with van der Waals surface area (Å²) in [5.41, 5.74) is 0. The first-order valence-electron chi connectivity index (χ1n) is 27.2. The summed E-state index contributed by atoms with van der Waals surface area (Å²) in [6, 6.07) is -13.3. The number of nitrogens with zero attached hydrogens (tertiary/aromatic N) is 6. The fourth-order valence-corrected chi connectivity index (χ4v) is 10.7. The van der Waals surface area contributed by atoms with Crippen LogP contribution < -0.4 is 21.3 Å². The normalized spacial score (nSPS) is 29.7. The maximum atomic E-state index is 14.6. The zero-order valence-corrected chi connectivity index (χ0v) is 48.0. The molecule has 0 bridgehead atoms. The van der Waals surface area contributed by atoms with Crippen LogP contribution in [-0.2, 0) is 47.9 Å². The van der Waals surface area contributed by atoms with Crippen molar-refractivity contribution in [2.45, 2.75) is 213 Å². The van der Waals surface area contributed by atoms with Crippen molar-refractivity contribution in [2.75, 3.05) is 41.3 Å². The Kier molecular flexibility index (Phi) is 24.1. The van der Waals surface area contributed by atoms with Gasteiger partial charge in [-0.25, -0.2) is 0 Å². The van der Waals surface area contributed by atoms with Gasteiger partial charge in [-0.1, -0.05) is 55.4 Å². The Labute approximate surface area is 449 Å². The zero-order valence-electron chi connectivity index (χ0n) is 48.0. The zero-order chi connectivity index (χ0) is 58.0. The van der Waals surface area contributed by atoms with E-state index in [1.807, 2.05) is 41.5 Å². The molecule has 3 rings (SSSR count). The summed E-state index contributed by atoms with van der Waals surface area (Å²) in [6.07, 6.45) is -3.05. The number of carbonyl (C=O) groups is 10. The van der Waals surface area contributed by atoms with Crippen LogP contribution in [0.15, 0.2) is 0 Å². The van der Waals surface area contributed by atoms with E-state index in [4.69, 9.17) is 0 Å². The summed E-state index contributed by atoms with van der Waals surface area (Å²) < 4.78 is 0. The van der Waals surface area contributed by atoms with E-state index in [9.17, 15) is 63.3 Å². The van der Waals surface area contributed by atoms with Crippen molar-refractivity contribution in [1.29, 1.82) is 0 Å². The summed E-state index contributed by atoms with van der Waals surface area (Å²) in [4.78, 5) is 151. The van der Waals surface area contributed by atoms with Gasteiger partial charge in [0, 0.05) is 41.3 Å². The lowest BCUT2D eigenvalue weighted by atomic mass is 9.98. The van der Waals surface area contributed by atoms with Crippen molar-refractivity contribution < 1.29 is 63.3 Å². The molecule has 3 aliphatic heterocycles. The highest BCUT2D eigenvalue weighted by atomic mass is 16.3. The molecule has 0 spiro atoms. The van der Waals surface area contributed by atoms with Crippen LogP contribution >= 0.6 is 0 Å². The molecule has 0 aromatic carbocycles. The average molecular weight is 1080 g/mol. The van der Waals surface area contributed by atoms with Gasteiger partial charge in [-0.3, -0.25) is 47.9 Å². The van der Waals surface area contributed by atoms with E-state index in [0.717, 1.165) is 14.7 Å². The SMILES string of the molecule is CC(C)C[C@@H]1NC(=O)[C@H]([C@@H](C)O)N(C)C(=O)[C@H]2CCCN2C(=O)[C@H](CC(C)C)NC(=O)[C@H]([C@@H](C)O)N(C)C(=O)[C@H](CC(C)C)NC(=O)[C@H](C)N(C)C(=O)[C@H]2CCCN2C(=O)[C@H](CC(C)C)NC(=O)[C@H]([C@@H](C)O)N(C)C1=O. The molecule has 0 aromatic heterocycles. The minimum absolute atomic E-state index is 0.0209. The molecule has 0 radical (unpaired) electrons. The molecule has 23 heteroatoms. The smallest absolute Gasteiger partial charge is 0.246 e. The van der Waals surface area contributed by atoms with Crippen molar-refractivity contribution in [2.24, 2.45) is 23.7 Å². The highest BCUT2D eigenvalue weighted by Crippen LogP contribution is 2.26. The number of aliphatic hydroxyl groups is 3. The van der Waals surface area contributed by atoms with Crippen LogP contribution in [0.2, 0.25) is 0 Å². The number of nitrogens with one attached hydrogen (secondary N) is 4. The van der Waals surface area contributed by atoms with Gasteiger partial charge < -0.3 is 66.0 Å². The number of carbonyl (C=O) groups excluding carboxylic acids is 10. The molecule has 0 saturated carbocycles. The van der Waals surface area contributed by atoms with E-state index >= 15 is 0 Å². The topological polar surface area (TPSA) is 299 Å². The molecule has 76 heavy (non-hydrogen) atoms. The van der Waals surface area contributed by atoms with Gasteiger partial charge in [-0.2, -0.15) is 0 Å². The maximum Gasteiger partial charge on any atom is 0.246 e. The summed E-state index contributed by atoms with van der Waals surface area (Å²) in [5, 5.41) is 44.3. The second-order valence-electron chi connectivity index (χ2n) is 23.2. The molecular weight excluding hydrogens is 985 g/mol. The van der Waals surface area contributed by atoms with Crippen LogP contribution in [0.25, 0.3) is 0 Å². The molecule has 0 unspecified atom stereocenters. The first-order valence-corrected chi connectivity index (χ1v) is 27.2. The van der Waals surface area contributed by atoms with Gasteiger partial charge in [0.25, 0.3) is 0 Å². The predicted molar refractivity (Wildman–Crippen MR) is 282 cm³/mol. The molecule has 0 aliphatic carbocycles. The molecule has 3 saturated heterocycles. The molecular formula is C53H92N10O13. The summed E-state index contributed by atoms with van der Waals surface area (Å²) in [5.74, 6) is -8.26. The number of likely N-dealkylation sites (N-methyl/N-ethyl adjacent to an activating group) is 4. The Hall–Kier alpha value is -5.42. The highest BCUT2D eigenvalue weighted by molar-refractivity contribution is 6.00. The summed E-state index contributed by atoms with van der Waals surface area (Å²) in [7, 11) is 5.26. The fourth-order valence-electron chi connectivity index (χ4n) is 10.7. The predicted octanol–water partition coefficient (Wildman–Crippen LogP) is -0.424. The van der Waals surface area contributed by atoms with Gasteiger partial charge in [0.1, 0.15) is 60.4 Å². The Morgan fingerprint density at radius 1 is 0.395 bits per heavy atom. The lowest BCUT2D eigenvalue weighted by Crippen LogP contribution is -2.63. The molecule has 3 aliphatic rings. The lowest BCUT2D eigenvalue weighted by molar-refractivity contribution is -0.152. The van der Waals surface area contributed by atoms with E-state index in [-0.39, 0.29) is 75.3 Å². The number of hydrogen-bond donors (Lipinski definition) is 7. The van der Waals surface area contributed by atoms with Crippen LogP contribution in [0.3, 0.4) is 0 Å². The number of rotatable bonds is 11. The van der Waals surface area contributed by atoms with Crippen molar-refractivity contribution in [1.82, 2.24) is 50.7 Å². The number of amides is 10.